The van der Waals surface area contributed by atoms with E-state index >= 15 is 0 Å². The molecule has 0 unspecified atom stereocenters. The first-order valence-corrected chi connectivity index (χ1v) is 6.29. The minimum absolute atomic E-state index is 0.250. The van der Waals surface area contributed by atoms with Gasteiger partial charge in [0, 0.05) is 11.3 Å². The molecule has 0 heterocycles. The molecular formula is C14H10BrF2NO. The molecule has 0 aliphatic carbocycles. The van der Waals surface area contributed by atoms with E-state index in [0.29, 0.717) is 11.3 Å². The Morgan fingerprint density at radius 1 is 1.16 bits per heavy atom. The molecule has 0 aromatic heterocycles. The fourth-order valence-corrected chi connectivity index (χ4v) is 1.99. The second-order valence-electron chi connectivity index (χ2n) is 4.04. The number of amides is 1. The van der Waals surface area contributed by atoms with E-state index in [2.05, 4.69) is 21.2 Å². The predicted octanol–water partition coefficient (Wildman–Crippen LogP) is 4.29. The van der Waals surface area contributed by atoms with Crippen LogP contribution in [0.4, 0.5) is 14.5 Å². The maximum Gasteiger partial charge on any atom is 0.256 e. The van der Waals surface area contributed by atoms with Crippen LogP contribution in [0.25, 0.3) is 0 Å². The van der Waals surface area contributed by atoms with Crippen LogP contribution in [-0.4, -0.2) is 5.91 Å². The number of halogens is 3. The van der Waals surface area contributed by atoms with Crippen LogP contribution in [0.15, 0.2) is 40.9 Å². The number of carbonyl (C=O) groups excluding carboxylic acids is 1. The summed E-state index contributed by atoms with van der Waals surface area (Å²) in [6.07, 6.45) is 0. The summed E-state index contributed by atoms with van der Waals surface area (Å²) < 4.78 is 26.4. The van der Waals surface area contributed by atoms with E-state index in [-0.39, 0.29) is 10.0 Å². The molecule has 0 fully saturated rings. The maximum atomic E-state index is 13.1. The van der Waals surface area contributed by atoms with Crippen molar-refractivity contribution in [3.05, 3.63) is 63.6 Å². The van der Waals surface area contributed by atoms with Crippen LogP contribution in [0.5, 0.6) is 0 Å². The van der Waals surface area contributed by atoms with E-state index < -0.39 is 17.5 Å². The molecule has 0 atom stereocenters. The van der Waals surface area contributed by atoms with Crippen molar-refractivity contribution in [2.24, 2.45) is 0 Å². The molecule has 0 radical (unpaired) electrons. The smallest absolute Gasteiger partial charge is 0.256 e. The average molecular weight is 326 g/mol. The Balaban J connectivity index is 2.25. The lowest BCUT2D eigenvalue weighted by molar-refractivity contribution is 0.102. The number of hydrogen-bond acceptors (Lipinski definition) is 1. The molecule has 0 bridgehead atoms. The van der Waals surface area contributed by atoms with Crippen LogP contribution in [0.2, 0.25) is 0 Å². The summed E-state index contributed by atoms with van der Waals surface area (Å²) >= 11 is 3.03. The topological polar surface area (TPSA) is 29.1 Å². The van der Waals surface area contributed by atoms with Gasteiger partial charge in [0.05, 0.1) is 4.47 Å². The third-order valence-electron chi connectivity index (χ3n) is 2.62. The summed E-state index contributed by atoms with van der Waals surface area (Å²) in [6.45, 7) is 1.72. The van der Waals surface area contributed by atoms with Gasteiger partial charge in [-0.25, -0.2) is 8.78 Å². The van der Waals surface area contributed by atoms with Crippen molar-refractivity contribution in [3.63, 3.8) is 0 Å². The molecule has 0 aliphatic rings. The van der Waals surface area contributed by atoms with Crippen molar-refractivity contribution in [1.82, 2.24) is 0 Å². The van der Waals surface area contributed by atoms with E-state index in [0.717, 1.165) is 0 Å². The molecule has 2 nitrogen and oxygen atoms in total. The van der Waals surface area contributed by atoms with Gasteiger partial charge < -0.3 is 5.32 Å². The van der Waals surface area contributed by atoms with Crippen LogP contribution in [-0.2, 0) is 0 Å². The summed E-state index contributed by atoms with van der Waals surface area (Å²) in [5.41, 5.74) is 1.35. The highest BCUT2D eigenvalue weighted by atomic mass is 79.9. The van der Waals surface area contributed by atoms with E-state index in [4.69, 9.17) is 0 Å². The molecule has 2 aromatic rings. The van der Waals surface area contributed by atoms with Crippen LogP contribution >= 0.6 is 15.9 Å². The maximum absolute atomic E-state index is 13.1. The second-order valence-corrected chi connectivity index (χ2v) is 4.90. The van der Waals surface area contributed by atoms with Gasteiger partial charge in [-0.2, -0.15) is 0 Å². The average Bonchev–Trinajstić information content (AvgIpc) is 2.36. The number of aryl methyl sites for hydroxylation is 1. The highest BCUT2D eigenvalue weighted by Gasteiger charge is 2.11. The molecule has 98 valence electrons. The first-order valence-electron chi connectivity index (χ1n) is 5.50. The first kappa shape index (κ1) is 13.7. The molecule has 5 heteroatoms. The zero-order valence-electron chi connectivity index (χ0n) is 10.0. The number of hydrogen-bond donors (Lipinski definition) is 1. The largest absolute Gasteiger partial charge is 0.322 e. The van der Waals surface area contributed by atoms with Crippen LogP contribution in [0, 0.1) is 18.6 Å². The lowest BCUT2D eigenvalue weighted by Gasteiger charge is -2.08. The summed E-state index contributed by atoms with van der Waals surface area (Å²) in [4.78, 5) is 12.0. The molecular weight excluding hydrogens is 316 g/mol. The van der Waals surface area contributed by atoms with Gasteiger partial charge in [-0.3, -0.25) is 4.79 Å². The second kappa shape index (κ2) is 5.48. The highest BCUT2D eigenvalue weighted by molar-refractivity contribution is 9.10. The minimum Gasteiger partial charge on any atom is -0.322 e. The van der Waals surface area contributed by atoms with Crippen molar-refractivity contribution in [3.8, 4) is 0 Å². The van der Waals surface area contributed by atoms with Gasteiger partial charge in [0.2, 0.25) is 0 Å². The Hall–Kier alpha value is -1.75. The molecule has 19 heavy (non-hydrogen) atoms. The Labute approximate surface area is 117 Å². The van der Waals surface area contributed by atoms with E-state index in [9.17, 15) is 13.6 Å². The fraction of sp³-hybridized carbons (Fsp3) is 0.0714. The third-order valence-corrected chi connectivity index (χ3v) is 3.23. The zero-order valence-corrected chi connectivity index (χ0v) is 11.6. The molecule has 1 N–H and O–H groups in total. The number of rotatable bonds is 2. The summed E-state index contributed by atoms with van der Waals surface area (Å²) in [5, 5.41) is 2.59. The number of carbonyl (C=O) groups is 1. The van der Waals surface area contributed by atoms with Crippen LogP contribution < -0.4 is 5.32 Å². The normalized spacial score (nSPS) is 10.3. The SMILES string of the molecule is Cc1ccc(F)cc1C(=O)Nc1ccc(F)c(Br)c1. The van der Waals surface area contributed by atoms with Gasteiger partial charge >= 0.3 is 0 Å². The Morgan fingerprint density at radius 3 is 2.58 bits per heavy atom. The van der Waals surface area contributed by atoms with Gasteiger partial charge in [0.1, 0.15) is 11.6 Å². The van der Waals surface area contributed by atoms with Crippen LogP contribution in [0.1, 0.15) is 15.9 Å². The van der Waals surface area contributed by atoms with Crippen molar-refractivity contribution in [2.45, 2.75) is 6.92 Å². The van der Waals surface area contributed by atoms with E-state index in [1.165, 1.54) is 36.4 Å². The number of benzene rings is 2. The van der Waals surface area contributed by atoms with E-state index in [1.807, 2.05) is 0 Å². The standard InChI is InChI=1S/C14H10BrF2NO/c1-8-2-3-9(16)6-11(8)14(19)18-10-4-5-13(17)12(15)7-10/h2-7H,1H3,(H,18,19). The molecule has 0 spiro atoms. The third kappa shape index (κ3) is 3.17. The van der Waals surface area contributed by atoms with Crippen LogP contribution in [0.3, 0.4) is 0 Å². The van der Waals surface area contributed by atoms with Crippen molar-refractivity contribution < 1.29 is 13.6 Å². The molecule has 0 saturated heterocycles. The summed E-state index contributed by atoms with van der Waals surface area (Å²) in [5.74, 6) is -1.33. The molecule has 0 aliphatic heterocycles. The summed E-state index contributed by atoms with van der Waals surface area (Å²) in [7, 11) is 0. The Kier molecular flexibility index (Phi) is 3.95. The molecule has 0 saturated carbocycles. The quantitative estimate of drug-likeness (QED) is 0.876. The van der Waals surface area contributed by atoms with Gasteiger partial charge in [-0.1, -0.05) is 6.07 Å². The lowest BCUT2D eigenvalue weighted by atomic mass is 10.1. The molecule has 1 amide bonds. The lowest BCUT2D eigenvalue weighted by Crippen LogP contribution is -2.13. The molecule has 2 aromatic carbocycles. The number of anilines is 1. The van der Waals surface area contributed by atoms with Crippen molar-refractivity contribution >= 4 is 27.5 Å². The number of nitrogens with one attached hydrogen (secondary N) is 1. The zero-order chi connectivity index (χ0) is 14.0. The monoisotopic (exact) mass is 325 g/mol. The Morgan fingerprint density at radius 2 is 1.89 bits per heavy atom. The Bertz CT molecular complexity index is 643. The first-order chi connectivity index (χ1) is 8.97. The predicted molar refractivity (Wildman–Crippen MR) is 73.2 cm³/mol. The van der Waals surface area contributed by atoms with Gasteiger partial charge in [-0.15, -0.1) is 0 Å². The van der Waals surface area contributed by atoms with E-state index in [1.54, 1.807) is 6.92 Å². The van der Waals surface area contributed by atoms with Crippen molar-refractivity contribution in [2.75, 3.05) is 5.32 Å². The van der Waals surface area contributed by atoms with Gasteiger partial charge in [0.25, 0.3) is 5.91 Å². The fourth-order valence-electron chi connectivity index (χ4n) is 1.61. The molecule has 2 rings (SSSR count). The van der Waals surface area contributed by atoms with Crippen molar-refractivity contribution in [1.29, 1.82) is 0 Å². The minimum atomic E-state index is -0.476. The summed E-state index contributed by atoms with van der Waals surface area (Å²) in [6, 6.07) is 8.11. The van der Waals surface area contributed by atoms with Gasteiger partial charge in [-0.05, 0) is 58.7 Å². The highest BCUT2D eigenvalue weighted by Crippen LogP contribution is 2.21. The van der Waals surface area contributed by atoms with Gasteiger partial charge in [0.15, 0.2) is 0 Å².